The molecule has 1 saturated heterocycles. The van der Waals surface area contributed by atoms with Crippen LogP contribution in [0.1, 0.15) is 19.8 Å². The van der Waals surface area contributed by atoms with Crippen molar-refractivity contribution in [3.63, 3.8) is 0 Å². The zero-order chi connectivity index (χ0) is 10.7. The van der Waals surface area contributed by atoms with Gasteiger partial charge in [0.25, 0.3) is 0 Å². The number of nitrogens with zero attached hydrogens (tertiary/aromatic N) is 1. The molecule has 1 aliphatic heterocycles. The van der Waals surface area contributed by atoms with E-state index < -0.39 is 0 Å². The number of piperidine rings is 1. The highest BCUT2D eigenvalue weighted by Crippen LogP contribution is 2.23. The predicted octanol–water partition coefficient (Wildman–Crippen LogP) is 2.25. The van der Waals surface area contributed by atoms with Gasteiger partial charge in [-0.05, 0) is 38.4 Å². The molecule has 1 aliphatic rings. The van der Waals surface area contributed by atoms with Gasteiger partial charge in [0.2, 0.25) is 5.88 Å². The highest BCUT2D eigenvalue weighted by Gasteiger charge is 2.20. The van der Waals surface area contributed by atoms with Gasteiger partial charge in [0.15, 0.2) is 0 Å². The van der Waals surface area contributed by atoms with E-state index in [1.165, 1.54) is 0 Å². The number of ether oxygens (including phenoxy) is 1. The fraction of sp³-hybridized carbons (Fsp3) is 0.545. The minimum atomic E-state index is 0.230. The summed E-state index contributed by atoms with van der Waals surface area (Å²) in [6, 6.07) is 4.11. The molecule has 2 rings (SSSR count). The van der Waals surface area contributed by atoms with Crippen molar-refractivity contribution >= 4 is 11.6 Å². The van der Waals surface area contributed by atoms with Crippen molar-refractivity contribution in [3.8, 4) is 5.88 Å². The van der Waals surface area contributed by atoms with Crippen molar-refractivity contribution < 1.29 is 4.74 Å². The molecular formula is C11H15ClN2O. The Morgan fingerprint density at radius 1 is 1.60 bits per heavy atom. The highest BCUT2D eigenvalue weighted by molar-refractivity contribution is 6.31. The first kappa shape index (κ1) is 10.7. The SMILES string of the molecule is C[C@H]1C[C@@H](Oc2ncccc2Cl)CCN1. The summed E-state index contributed by atoms with van der Waals surface area (Å²) in [5, 5.41) is 3.97. The number of halogens is 1. The summed E-state index contributed by atoms with van der Waals surface area (Å²) >= 11 is 5.98. The van der Waals surface area contributed by atoms with Gasteiger partial charge in [-0.2, -0.15) is 0 Å². The van der Waals surface area contributed by atoms with Gasteiger partial charge in [-0.15, -0.1) is 0 Å². The average molecular weight is 227 g/mol. The Bertz CT molecular complexity index is 332. The van der Waals surface area contributed by atoms with Gasteiger partial charge in [0.1, 0.15) is 11.1 Å². The molecule has 15 heavy (non-hydrogen) atoms. The number of pyridine rings is 1. The van der Waals surface area contributed by atoms with Gasteiger partial charge in [-0.1, -0.05) is 11.6 Å². The van der Waals surface area contributed by atoms with Crippen LogP contribution in [0.4, 0.5) is 0 Å². The Morgan fingerprint density at radius 2 is 2.47 bits per heavy atom. The summed E-state index contributed by atoms with van der Waals surface area (Å²) < 4.78 is 5.77. The van der Waals surface area contributed by atoms with Crippen molar-refractivity contribution in [1.29, 1.82) is 0 Å². The molecule has 0 unspecified atom stereocenters. The molecule has 82 valence electrons. The van der Waals surface area contributed by atoms with E-state index in [2.05, 4.69) is 17.2 Å². The largest absolute Gasteiger partial charge is 0.473 e. The zero-order valence-electron chi connectivity index (χ0n) is 8.74. The maximum Gasteiger partial charge on any atom is 0.232 e. The number of hydrogen-bond donors (Lipinski definition) is 1. The molecule has 1 aromatic heterocycles. The summed E-state index contributed by atoms with van der Waals surface area (Å²) in [5.74, 6) is 0.554. The predicted molar refractivity (Wildman–Crippen MR) is 60.4 cm³/mol. The van der Waals surface area contributed by atoms with E-state index in [0.29, 0.717) is 16.9 Å². The minimum Gasteiger partial charge on any atom is -0.473 e. The van der Waals surface area contributed by atoms with Gasteiger partial charge in [0, 0.05) is 12.2 Å². The van der Waals surface area contributed by atoms with Crippen LogP contribution in [0.5, 0.6) is 5.88 Å². The second kappa shape index (κ2) is 4.81. The molecule has 2 atom stereocenters. The molecule has 4 heteroatoms. The Labute approximate surface area is 94.8 Å². The second-order valence-corrected chi connectivity index (χ2v) is 4.32. The maximum atomic E-state index is 5.98. The van der Waals surface area contributed by atoms with Crippen LogP contribution in [0.3, 0.4) is 0 Å². The topological polar surface area (TPSA) is 34.1 Å². The summed E-state index contributed by atoms with van der Waals surface area (Å²) in [5.41, 5.74) is 0. The van der Waals surface area contributed by atoms with Gasteiger partial charge in [-0.25, -0.2) is 4.98 Å². The Kier molecular flexibility index (Phi) is 3.44. The molecule has 1 fully saturated rings. The number of aromatic nitrogens is 1. The molecule has 1 aromatic rings. The number of nitrogens with one attached hydrogen (secondary N) is 1. The van der Waals surface area contributed by atoms with Crippen LogP contribution in [-0.2, 0) is 0 Å². The Balaban J connectivity index is 1.99. The summed E-state index contributed by atoms with van der Waals surface area (Å²) in [4.78, 5) is 4.12. The van der Waals surface area contributed by atoms with Crippen LogP contribution in [-0.4, -0.2) is 23.7 Å². The van der Waals surface area contributed by atoms with Crippen LogP contribution in [0, 0.1) is 0 Å². The van der Waals surface area contributed by atoms with Gasteiger partial charge < -0.3 is 10.1 Å². The van der Waals surface area contributed by atoms with E-state index in [9.17, 15) is 0 Å². The number of rotatable bonds is 2. The molecule has 0 spiro atoms. The fourth-order valence-corrected chi connectivity index (χ4v) is 1.98. The summed E-state index contributed by atoms with van der Waals surface area (Å²) in [6.07, 6.45) is 3.95. The third-order valence-corrected chi connectivity index (χ3v) is 2.87. The molecule has 0 aromatic carbocycles. The monoisotopic (exact) mass is 226 g/mol. The Hall–Kier alpha value is -0.800. The van der Waals surface area contributed by atoms with E-state index in [4.69, 9.17) is 16.3 Å². The summed E-state index contributed by atoms with van der Waals surface area (Å²) in [6.45, 7) is 3.16. The lowest BCUT2D eigenvalue weighted by Crippen LogP contribution is -2.40. The number of hydrogen-bond acceptors (Lipinski definition) is 3. The molecule has 2 heterocycles. The van der Waals surface area contributed by atoms with E-state index >= 15 is 0 Å². The van der Waals surface area contributed by atoms with Crippen LogP contribution >= 0.6 is 11.6 Å². The van der Waals surface area contributed by atoms with Gasteiger partial charge >= 0.3 is 0 Å². The third-order valence-electron chi connectivity index (χ3n) is 2.58. The van der Waals surface area contributed by atoms with Crippen LogP contribution < -0.4 is 10.1 Å². The van der Waals surface area contributed by atoms with Gasteiger partial charge in [-0.3, -0.25) is 0 Å². The lowest BCUT2D eigenvalue weighted by atomic mass is 10.0. The van der Waals surface area contributed by atoms with E-state index in [0.717, 1.165) is 19.4 Å². The van der Waals surface area contributed by atoms with Crippen molar-refractivity contribution in [2.24, 2.45) is 0 Å². The standard InChI is InChI=1S/C11H15ClN2O/c1-8-7-9(4-6-13-8)15-11-10(12)3-2-5-14-11/h2-3,5,8-9,13H,4,6-7H2,1H3/t8-,9-/m0/s1. The smallest absolute Gasteiger partial charge is 0.232 e. The first-order valence-corrected chi connectivity index (χ1v) is 5.64. The van der Waals surface area contributed by atoms with E-state index in [1.54, 1.807) is 18.3 Å². The van der Waals surface area contributed by atoms with Crippen molar-refractivity contribution in [2.75, 3.05) is 6.54 Å². The lowest BCUT2D eigenvalue weighted by Gasteiger charge is -2.28. The Morgan fingerprint density at radius 3 is 3.20 bits per heavy atom. The minimum absolute atomic E-state index is 0.230. The molecule has 1 N–H and O–H groups in total. The zero-order valence-corrected chi connectivity index (χ0v) is 9.50. The highest BCUT2D eigenvalue weighted by atomic mass is 35.5. The molecule has 0 amide bonds. The van der Waals surface area contributed by atoms with Crippen LogP contribution in [0.2, 0.25) is 5.02 Å². The van der Waals surface area contributed by atoms with E-state index in [-0.39, 0.29) is 6.10 Å². The van der Waals surface area contributed by atoms with Crippen LogP contribution in [0.15, 0.2) is 18.3 Å². The molecule has 3 nitrogen and oxygen atoms in total. The quantitative estimate of drug-likeness (QED) is 0.840. The average Bonchev–Trinajstić information content (AvgIpc) is 2.22. The summed E-state index contributed by atoms with van der Waals surface area (Å²) in [7, 11) is 0. The molecule has 0 radical (unpaired) electrons. The molecule has 0 aliphatic carbocycles. The lowest BCUT2D eigenvalue weighted by molar-refractivity contribution is 0.138. The first-order valence-electron chi connectivity index (χ1n) is 5.26. The molecule has 0 bridgehead atoms. The van der Waals surface area contributed by atoms with Gasteiger partial charge in [0.05, 0.1) is 0 Å². The normalized spacial score (nSPS) is 26.3. The second-order valence-electron chi connectivity index (χ2n) is 3.91. The maximum absolute atomic E-state index is 5.98. The van der Waals surface area contributed by atoms with E-state index in [1.807, 2.05) is 0 Å². The van der Waals surface area contributed by atoms with Crippen LogP contribution in [0.25, 0.3) is 0 Å². The molecule has 0 saturated carbocycles. The fourth-order valence-electron chi connectivity index (χ4n) is 1.81. The van der Waals surface area contributed by atoms with Crippen molar-refractivity contribution in [1.82, 2.24) is 10.3 Å². The van der Waals surface area contributed by atoms with Crippen molar-refractivity contribution in [2.45, 2.75) is 31.9 Å². The first-order chi connectivity index (χ1) is 7.25. The third kappa shape index (κ3) is 2.83. The van der Waals surface area contributed by atoms with Crippen molar-refractivity contribution in [3.05, 3.63) is 23.4 Å². The molecular weight excluding hydrogens is 212 g/mol.